The number of hydrogen-bond acceptors (Lipinski definition) is 3. The van der Waals surface area contributed by atoms with E-state index < -0.39 is 0 Å². The molecule has 1 saturated carbocycles. The van der Waals surface area contributed by atoms with Crippen molar-refractivity contribution in [1.82, 2.24) is 15.5 Å². The maximum atomic E-state index is 11.4. The lowest BCUT2D eigenvalue weighted by Crippen LogP contribution is -2.51. The van der Waals surface area contributed by atoms with Crippen molar-refractivity contribution >= 4 is 21.8 Å². The van der Waals surface area contributed by atoms with Gasteiger partial charge in [0.05, 0.1) is 6.54 Å². The lowest BCUT2D eigenvalue weighted by molar-refractivity contribution is -0.122. The fourth-order valence-corrected chi connectivity index (χ4v) is 3.90. The molecule has 4 nitrogen and oxygen atoms in total. The van der Waals surface area contributed by atoms with Crippen molar-refractivity contribution in [2.75, 3.05) is 26.7 Å². The third-order valence-electron chi connectivity index (χ3n) is 5.18. The monoisotopic (exact) mass is 379 g/mol. The molecule has 1 aromatic carbocycles. The summed E-state index contributed by atoms with van der Waals surface area (Å²) in [4.78, 5) is 13.7. The van der Waals surface area contributed by atoms with Crippen LogP contribution < -0.4 is 10.6 Å². The van der Waals surface area contributed by atoms with Gasteiger partial charge in [-0.3, -0.25) is 9.69 Å². The summed E-state index contributed by atoms with van der Waals surface area (Å²) < 4.78 is 1.15. The lowest BCUT2D eigenvalue weighted by Gasteiger charge is -2.41. The number of piperidine rings is 1. The van der Waals surface area contributed by atoms with Crippen LogP contribution in [0.1, 0.15) is 37.2 Å². The SMILES string of the molecule is CNC(=O)CN1CCC(NC2CC(c3ccc(Br)cc3)C2)CC1. The summed E-state index contributed by atoms with van der Waals surface area (Å²) in [5.74, 6) is 0.835. The topological polar surface area (TPSA) is 44.4 Å². The molecule has 1 aliphatic carbocycles. The molecular weight excluding hydrogens is 354 g/mol. The van der Waals surface area contributed by atoms with Crippen molar-refractivity contribution in [2.24, 2.45) is 0 Å². The van der Waals surface area contributed by atoms with E-state index in [1.807, 2.05) is 0 Å². The van der Waals surface area contributed by atoms with Gasteiger partial charge in [0.2, 0.25) is 5.91 Å². The van der Waals surface area contributed by atoms with Crippen LogP contribution in [0, 0.1) is 0 Å². The quantitative estimate of drug-likeness (QED) is 0.825. The van der Waals surface area contributed by atoms with E-state index in [4.69, 9.17) is 0 Å². The smallest absolute Gasteiger partial charge is 0.233 e. The molecule has 0 spiro atoms. The molecule has 0 bridgehead atoms. The number of likely N-dealkylation sites (N-methyl/N-ethyl adjacent to an activating group) is 1. The molecule has 0 radical (unpaired) electrons. The lowest BCUT2D eigenvalue weighted by atomic mass is 9.75. The summed E-state index contributed by atoms with van der Waals surface area (Å²) in [6.45, 7) is 2.58. The Labute approximate surface area is 147 Å². The van der Waals surface area contributed by atoms with Crippen LogP contribution in [0.5, 0.6) is 0 Å². The summed E-state index contributed by atoms with van der Waals surface area (Å²) in [6.07, 6.45) is 4.80. The number of halogens is 1. The van der Waals surface area contributed by atoms with Crippen LogP contribution >= 0.6 is 15.9 Å². The minimum atomic E-state index is 0.118. The fourth-order valence-electron chi connectivity index (χ4n) is 3.63. The molecule has 0 atom stereocenters. The Morgan fingerprint density at radius 1 is 1.17 bits per heavy atom. The van der Waals surface area contributed by atoms with Gasteiger partial charge in [-0.25, -0.2) is 0 Å². The molecule has 1 aliphatic heterocycles. The Hall–Kier alpha value is -0.910. The number of nitrogens with zero attached hydrogens (tertiary/aromatic N) is 1. The highest BCUT2D eigenvalue weighted by molar-refractivity contribution is 9.10. The number of carbonyl (C=O) groups is 1. The predicted octanol–water partition coefficient (Wildman–Crippen LogP) is 2.50. The zero-order chi connectivity index (χ0) is 16.2. The summed E-state index contributed by atoms with van der Waals surface area (Å²) in [5, 5.41) is 6.52. The maximum absolute atomic E-state index is 11.4. The van der Waals surface area contributed by atoms with Crippen molar-refractivity contribution in [2.45, 2.75) is 43.7 Å². The van der Waals surface area contributed by atoms with E-state index in [1.165, 1.54) is 18.4 Å². The highest BCUT2D eigenvalue weighted by atomic mass is 79.9. The van der Waals surface area contributed by atoms with E-state index in [-0.39, 0.29) is 5.91 Å². The molecule has 3 rings (SSSR count). The van der Waals surface area contributed by atoms with E-state index in [0.29, 0.717) is 24.5 Å². The third kappa shape index (κ3) is 4.55. The highest BCUT2D eigenvalue weighted by Gasteiger charge is 2.32. The minimum Gasteiger partial charge on any atom is -0.358 e. The number of carbonyl (C=O) groups excluding carboxylic acids is 1. The molecule has 1 aromatic rings. The molecule has 126 valence electrons. The first-order valence-corrected chi connectivity index (χ1v) is 9.38. The van der Waals surface area contributed by atoms with E-state index in [0.717, 1.165) is 30.4 Å². The van der Waals surface area contributed by atoms with Crippen LogP contribution in [0.4, 0.5) is 0 Å². The van der Waals surface area contributed by atoms with Crippen LogP contribution in [0.15, 0.2) is 28.7 Å². The highest BCUT2D eigenvalue weighted by Crippen LogP contribution is 2.37. The summed E-state index contributed by atoms with van der Waals surface area (Å²) in [6, 6.07) is 10.0. The van der Waals surface area contributed by atoms with Crippen molar-refractivity contribution in [3.05, 3.63) is 34.3 Å². The van der Waals surface area contributed by atoms with Crippen molar-refractivity contribution < 1.29 is 4.79 Å². The van der Waals surface area contributed by atoms with Crippen LogP contribution in [0.25, 0.3) is 0 Å². The maximum Gasteiger partial charge on any atom is 0.233 e. The van der Waals surface area contributed by atoms with Crippen LogP contribution in [0.2, 0.25) is 0 Å². The second-order valence-corrected chi connectivity index (χ2v) is 7.72. The van der Waals surface area contributed by atoms with Gasteiger partial charge in [-0.2, -0.15) is 0 Å². The Balaban J connectivity index is 1.36. The summed E-state index contributed by atoms with van der Waals surface area (Å²) in [5.41, 5.74) is 1.46. The van der Waals surface area contributed by atoms with E-state index in [2.05, 4.69) is 55.7 Å². The number of rotatable bonds is 5. The van der Waals surface area contributed by atoms with Crippen LogP contribution in [0.3, 0.4) is 0 Å². The first-order valence-electron chi connectivity index (χ1n) is 8.58. The van der Waals surface area contributed by atoms with Gasteiger partial charge in [0.1, 0.15) is 0 Å². The zero-order valence-electron chi connectivity index (χ0n) is 13.7. The van der Waals surface area contributed by atoms with Gasteiger partial charge >= 0.3 is 0 Å². The van der Waals surface area contributed by atoms with E-state index in [9.17, 15) is 4.79 Å². The molecular formula is C18H26BrN3O. The average Bonchev–Trinajstić information content (AvgIpc) is 2.53. The Morgan fingerprint density at radius 2 is 1.83 bits per heavy atom. The number of likely N-dealkylation sites (tertiary alicyclic amines) is 1. The summed E-state index contributed by atoms with van der Waals surface area (Å²) in [7, 11) is 1.70. The molecule has 2 N–H and O–H groups in total. The van der Waals surface area contributed by atoms with Gasteiger partial charge in [-0.1, -0.05) is 28.1 Å². The molecule has 2 aliphatic rings. The number of amides is 1. The first kappa shape index (κ1) is 16.9. The zero-order valence-corrected chi connectivity index (χ0v) is 15.3. The van der Waals surface area contributed by atoms with E-state index in [1.54, 1.807) is 7.05 Å². The Kier molecular flexibility index (Phi) is 5.72. The molecule has 5 heteroatoms. The second-order valence-electron chi connectivity index (χ2n) is 6.81. The standard InChI is InChI=1S/C18H26BrN3O/c1-20-18(23)12-22-8-6-16(7-9-22)21-17-10-14(11-17)13-2-4-15(19)5-3-13/h2-5,14,16-17,21H,6-12H2,1H3,(H,20,23). The Bertz CT molecular complexity index is 520. The van der Waals surface area contributed by atoms with Crippen LogP contribution in [-0.2, 0) is 4.79 Å². The minimum absolute atomic E-state index is 0.118. The molecule has 1 heterocycles. The summed E-state index contributed by atoms with van der Waals surface area (Å²) >= 11 is 3.49. The number of benzene rings is 1. The predicted molar refractivity (Wildman–Crippen MR) is 96.6 cm³/mol. The first-order chi connectivity index (χ1) is 11.1. The number of hydrogen-bond donors (Lipinski definition) is 2. The van der Waals surface area contributed by atoms with Crippen molar-refractivity contribution in [3.63, 3.8) is 0 Å². The van der Waals surface area contributed by atoms with Gasteiger partial charge < -0.3 is 10.6 Å². The number of nitrogens with one attached hydrogen (secondary N) is 2. The normalized spacial score (nSPS) is 25.8. The van der Waals surface area contributed by atoms with Crippen molar-refractivity contribution in [3.8, 4) is 0 Å². The average molecular weight is 380 g/mol. The van der Waals surface area contributed by atoms with Gasteiger partial charge in [-0.15, -0.1) is 0 Å². The molecule has 23 heavy (non-hydrogen) atoms. The van der Waals surface area contributed by atoms with Gasteiger partial charge in [0.15, 0.2) is 0 Å². The van der Waals surface area contributed by atoms with Gasteiger partial charge in [0.25, 0.3) is 0 Å². The van der Waals surface area contributed by atoms with Crippen LogP contribution in [-0.4, -0.2) is 49.6 Å². The molecule has 0 unspecified atom stereocenters. The Morgan fingerprint density at radius 3 is 2.43 bits per heavy atom. The fraction of sp³-hybridized carbons (Fsp3) is 0.611. The molecule has 1 amide bonds. The van der Waals surface area contributed by atoms with Gasteiger partial charge in [-0.05, 0) is 49.3 Å². The van der Waals surface area contributed by atoms with E-state index >= 15 is 0 Å². The molecule has 2 fully saturated rings. The largest absolute Gasteiger partial charge is 0.358 e. The molecule has 1 saturated heterocycles. The van der Waals surface area contributed by atoms with Gasteiger partial charge in [0, 0.05) is 36.7 Å². The molecule has 0 aromatic heterocycles. The second kappa shape index (κ2) is 7.77. The third-order valence-corrected chi connectivity index (χ3v) is 5.71. The van der Waals surface area contributed by atoms with Crippen molar-refractivity contribution in [1.29, 1.82) is 0 Å².